The van der Waals surface area contributed by atoms with Crippen molar-refractivity contribution in [2.45, 2.75) is 12.5 Å². The number of hydrogen-bond acceptors (Lipinski definition) is 5. The standard InChI is InChI=1S/C14H15N3O3/c15-11(7-9-1-2-12(18)13(19)8-9)14(20)17-10-3-5-16-6-4-10/h1-6,8,11,18-19H,7,15H2,(H,16,17,20)/t11-/m0/s1. The number of nitrogens with two attached hydrogens (primary N) is 1. The number of carbonyl (C=O) groups is 1. The van der Waals surface area contributed by atoms with Crippen LogP contribution in [0.2, 0.25) is 0 Å². The summed E-state index contributed by atoms with van der Waals surface area (Å²) < 4.78 is 0. The molecule has 0 bridgehead atoms. The van der Waals surface area contributed by atoms with Crippen LogP contribution in [0.15, 0.2) is 42.7 Å². The first-order valence-corrected chi connectivity index (χ1v) is 6.03. The van der Waals surface area contributed by atoms with E-state index in [-0.39, 0.29) is 23.8 Å². The fraction of sp³-hybridized carbons (Fsp3) is 0.143. The van der Waals surface area contributed by atoms with Crippen LogP contribution in [-0.2, 0) is 11.2 Å². The number of nitrogens with zero attached hydrogens (tertiary/aromatic N) is 1. The van der Waals surface area contributed by atoms with Crippen molar-refractivity contribution >= 4 is 11.6 Å². The number of anilines is 1. The van der Waals surface area contributed by atoms with Crippen molar-refractivity contribution in [2.75, 3.05) is 5.32 Å². The van der Waals surface area contributed by atoms with Crippen molar-refractivity contribution < 1.29 is 15.0 Å². The van der Waals surface area contributed by atoms with Gasteiger partial charge >= 0.3 is 0 Å². The number of phenols is 2. The molecule has 6 heteroatoms. The summed E-state index contributed by atoms with van der Waals surface area (Å²) in [4.78, 5) is 15.7. The smallest absolute Gasteiger partial charge is 0.241 e. The molecule has 1 aromatic heterocycles. The van der Waals surface area contributed by atoms with Gasteiger partial charge in [0.1, 0.15) is 0 Å². The Balaban J connectivity index is 1.98. The SMILES string of the molecule is N[C@@H](Cc1ccc(O)c(O)c1)C(=O)Nc1ccncc1. The summed E-state index contributed by atoms with van der Waals surface area (Å²) in [5.41, 5.74) is 7.10. The molecule has 2 rings (SSSR count). The zero-order valence-corrected chi connectivity index (χ0v) is 10.7. The highest BCUT2D eigenvalue weighted by atomic mass is 16.3. The number of benzene rings is 1. The average molecular weight is 273 g/mol. The molecule has 6 nitrogen and oxygen atoms in total. The Kier molecular flexibility index (Phi) is 4.17. The summed E-state index contributed by atoms with van der Waals surface area (Å²) in [5.74, 6) is -0.767. The average Bonchev–Trinajstić information content (AvgIpc) is 2.44. The van der Waals surface area contributed by atoms with Gasteiger partial charge in [0, 0.05) is 18.1 Å². The minimum atomic E-state index is -0.757. The van der Waals surface area contributed by atoms with Crippen LogP contribution in [0.4, 0.5) is 5.69 Å². The van der Waals surface area contributed by atoms with Gasteiger partial charge in [0.25, 0.3) is 0 Å². The normalized spacial score (nSPS) is 11.8. The maximum atomic E-state index is 11.9. The maximum absolute atomic E-state index is 11.9. The molecule has 2 aromatic rings. The predicted molar refractivity (Wildman–Crippen MR) is 74.3 cm³/mol. The zero-order valence-electron chi connectivity index (χ0n) is 10.7. The second-order valence-electron chi connectivity index (χ2n) is 4.36. The summed E-state index contributed by atoms with van der Waals surface area (Å²) in [5, 5.41) is 21.3. The van der Waals surface area contributed by atoms with E-state index < -0.39 is 6.04 Å². The quantitative estimate of drug-likeness (QED) is 0.621. The third-order valence-electron chi connectivity index (χ3n) is 2.78. The van der Waals surface area contributed by atoms with Gasteiger partial charge in [-0.2, -0.15) is 0 Å². The van der Waals surface area contributed by atoms with E-state index in [2.05, 4.69) is 10.3 Å². The van der Waals surface area contributed by atoms with Crippen molar-refractivity contribution in [3.8, 4) is 11.5 Å². The van der Waals surface area contributed by atoms with Crippen molar-refractivity contribution in [1.29, 1.82) is 0 Å². The van der Waals surface area contributed by atoms with Gasteiger partial charge < -0.3 is 21.3 Å². The second kappa shape index (κ2) is 6.03. The Morgan fingerprint density at radius 1 is 1.20 bits per heavy atom. The topological polar surface area (TPSA) is 108 Å². The number of aromatic nitrogens is 1. The first-order valence-electron chi connectivity index (χ1n) is 6.03. The van der Waals surface area contributed by atoms with Gasteiger partial charge in [0.2, 0.25) is 5.91 Å². The highest BCUT2D eigenvalue weighted by molar-refractivity contribution is 5.94. The summed E-state index contributed by atoms with van der Waals surface area (Å²) in [6.45, 7) is 0. The highest BCUT2D eigenvalue weighted by Crippen LogP contribution is 2.25. The summed E-state index contributed by atoms with van der Waals surface area (Å²) in [6.07, 6.45) is 3.39. The lowest BCUT2D eigenvalue weighted by Crippen LogP contribution is -2.37. The number of carbonyl (C=O) groups excluding carboxylic acids is 1. The van der Waals surface area contributed by atoms with Crippen LogP contribution in [-0.4, -0.2) is 27.1 Å². The van der Waals surface area contributed by atoms with Gasteiger partial charge in [-0.25, -0.2) is 0 Å². The van der Waals surface area contributed by atoms with Gasteiger partial charge in [-0.3, -0.25) is 9.78 Å². The highest BCUT2D eigenvalue weighted by Gasteiger charge is 2.15. The van der Waals surface area contributed by atoms with Gasteiger partial charge in [0.15, 0.2) is 11.5 Å². The molecule has 0 aliphatic rings. The number of aromatic hydroxyl groups is 2. The molecule has 20 heavy (non-hydrogen) atoms. The monoisotopic (exact) mass is 273 g/mol. The summed E-state index contributed by atoms with van der Waals surface area (Å²) in [7, 11) is 0. The lowest BCUT2D eigenvalue weighted by atomic mass is 10.1. The van der Waals surface area contributed by atoms with E-state index in [4.69, 9.17) is 5.73 Å². The van der Waals surface area contributed by atoms with Gasteiger partial charge in [0.05, 0.1) is 6.04 Å². The van der Waals surface area contributed by atoms with Crippen molar-refractivity contribution in [1.82, 2.24) is 4.98 Å². The van der Waals surface area contributed by atoms with Crippen molar-refractivity contribution in [3.63, 3.8) is 0 Å². The Hall–Kier alpha value is -2.60. The minimum Gasteiger partial charge on any atom is -0.504 e. The van der Waals surface area contributed by atoms with E-state index in [1.165, 1.54) is 12.1 Å². The van der Waals surface area contributed by atoms with E-state index >= 15 is 0 Å². The van der Waals surface area contributed by atoms with E-state index in [0.717, 1.165) is 0 Å². The van der Waals surface area contributed by atoms with Gasteiger partial charge in [-0.15, -0.1) is 0 Å². The number of rotatable bonds is 4. The number of hydrogen-bond donors (Lipinski definition) is 4. The number of nitrogens with one attached hydrogen (secondary N) is 1. The molecule has 1 amide bonds. The third-order valence-corrected chi connectivity index (χ3v) is 2.78. The van der Waals surface area contributed by atoms with Crippen LogP contribution >= 0.6 is 0 Å². The molecule has 0 aliphatic heterocycles. The van der Waals surface area contributed by atoms with Crippen LogP contribution in [0.1, 0.15) is 5.56 Å². The lowest BCUT2D eigenvalue weighted by molar-refractivity contribution is -0.117. The Morgan fingerprint density at radius 3 is 2.55 bits per heavy atom. The molecular formula is C14H15N3O3. The van der Waals surface area contributed by atoms with Crippen LogP contribution in [0.3, 0.4) is 0 Å². The number of phenolic OH excluding ortho intramolecular Hbond substituents is 2. The fourth-order valence-electron chi connectivity index (χ4n) is 1.71. The van der Waals surface area contributed by atoms with Crippen LogP contribution in [0.5, 0.6) is 11.5 Å². The molecule has 0 saturated carbocycles. The third kappa shape index (κ3) is 3.46. The molecule has 0 fully saturated rings. The van der Waals surface area contributed by atoms with E-state index in [9.17, 15) is 15.0 Å². The Bertz CT molecular complexity index is 602. The molecule has 0 aliphatic carbocycles. The largest absolute Gasteiger partial charge is 0.504 e. The van der Waals surface area contributed by atoms with Gasteiger partial charge in [-0.1, -0.05) is 6.07 Å². The number of pyridine rings is 1. The van der Waals surface area contributed by atoms with Crippen LogP contribution in [0, 0.1) is 0 Å². The second-order valence-corrected chi connectivity index (χ2v) is 4.36. The number of amides is 1. The maximum Gasteiger partial charge on any atom is 0.241 e. The molecule has 0 unspecified atom stereocenters. The van der Waals surface area contributed by atoms with Gasteiger partial charge in [-0.05, 0) is 36.2 Å². The molecule has 0 spiro atoms. The molecular weight excluding hydrogens is 258 g/mol. The van der Waals surface area contributed by atoms with Crippen LogP contribution < -0.4 is 11.1 Å². The molecule has 5 N–H and O–H groups in total. The minimum absolute atomic E-state index is 0.205. The molecule has 1 atom stereocenters. The molecule has 104 valence electrons. The predicted octanol–water partition coefficient (Wildman–Crippen LogP) is 1.00. The summed E-state index contributed by atoms with van der Waals surface area (Å²) in [6, 6.07) is 6.92. The fourth-order valence-corrected chi connectivity index (χ4v) is 1.71. The van der Waals surface area contributed by atoms with E-state index in [0.29, 0.717) is 11.3 Å². The molecule has 1 heterocycles. The van der Waals surface area contributed by atoms with E-state index in [1.54, 1.807) is 30.6 Å². The summed E-state index contributed by atoms with van der Waals surface area (Å²) >= 11 is 0. The van der Waals surface area contributed by atoms with Crippen molar-refractivity contribution in [3.05, 3.63) is 48.3 Å². The Morgan fingerprint density at radius 2 is 1.90 bits per heavy atom. The lowest BCUT2D eigenvalue weighted by Gasteiger charge is -2.12. The molecule has 0 saturated heterocycles. The first kappa shape index (κ1) is 13.8. The molecule has 1 aromatic carbocycles. The van der Waals surface area contributed by atoms with E-state index in [1.807, 2.05) is 0 Å². The zero-order chi connectivity index (χ0) is 14.5. The van der Waals surface area contributed by atoms with Crippen molar-refractivity contribution in [2.24, 2.45) is 5.73 Å². The van der Waals surface area contributed by atoms with Crippen LogP contribution in [0.25, 0.3) is 0 Å². The first-order chi connectivity index (χ1) is 9.56. The Labute approximate surface area is 115 Å². The molecule has 0 radical (unpaired) electrons.